The number of nitrogens with one attached hydrogen (secondary N) is 2. The average molecular weight is 580 g/mol. The second-order valence-corrected chi connectivity index (χ2v) is 8.76. The van der Waals surface area contributed by atoms with Crippen molar-refractivity contribution in [2.45, 2.75) is 13.8 Å². The summed E-state index contributed by atoms with van der Waals surface area (Å²) in [6, 6.07) is 19.5. The van der Waals surface area contributed by atoms with Gasteiger partial charge in [-0.25, -0.2) is 5.43 Å². The van der Waals surface area contributed by atoms with Crippen LogP contribution in [0.2, 0.25) is 0 Å². The van der Waals surface area contributed by atoms with Crippen molar-refractivity contribution in [3.8, 4) is 17.2 Å². The lowest BCUT2D eigenvalue weighted by atomic mass is 10.2. The maximum Gasteiger partial charge on any atom is 0.307 e. The number of anilines is 1. The number of ether oxygens (including phenoxy) is 3. The van der Waals surface area contributed by atoms with Crippen molar-refractivity contribution < 1.29 is 28.2 Å². The van der Waals surface area contributed by atoms with Crippen LogP contribution >= 0.6 is 15.9 Å². The molecule has 10 heteroatoms. The monoisotopic (exact) mass is 579 g/mol. The fourth-order valence-corrected chi connectivity index (χ4v) is 4.11. The van der Waals surface area contributed by atoms with E-state index in [0.717, 1.165) is 5.39 Å². The molecule has 0 aliphatic heterocycles. The van der Waals surface area contributed by atoms with Crippen LogP contribution in [0.4, 0.5) is 5.69 Å². The Kier molecular flexibility index (Phi) is 8.99. The highest BCUT2D eigenvalue weighted by Gasteiger charge is 2.15. The summed E-state index contributed by atoms with van der Waals surface area (Å²) in [7, 11) is 0. The molecule has 4 aromatic rings. The summed E-state index contributed by atoms with van der Waals surface area (Å²) in [5, 5.41) is 7.56. The smallest absolute Gasteiger partial charge is 0.307 e. The van der Waals surface area contributed by atoms with E-state index >= 15 is 0 Å². The molecule has 196 valence electrons. The van der Waals surface area contributed by atoms with Gasteiger partial charge in [-0.15, -0.1) is 0 Å². The lowest BCUT2D eigenvalue weighted by Crippen LogP contribution is -2.20. The number of benzene rings is 3. The number of fused-ring (bicyclic) bond motifs is 1. The van der Waals surface area contributed by atoms with Gasteiger partial charge in [0.2, 0.25) is 0 Å². The number of nitrogens with zero attached hydrogens (tertiary/aromatic N) is 1. The standard InChI is InChI=1S/C28H26BrN3O6/c1-3-35-21-10-11-23-19(14-21)15-25(38-23)28(34)32-30-16-18-12-22(29)27(24(13-18)36-4-2)37-17-26(33)31-20-8-6-5-7-9-20/h5-16H,3-4,17H2,1-2H3,(H,31,33)(H,32,34)/b30-16+. The fourth-order valence-electron chi connectivity index (χ4n) is 3.53. The van der Waals surface area contributed by atoms with Crippen LogP contribution in [0.5, 0.6) is 17.2 Å². The number of para-hydroxylation sites is 1. The van der Waals surface area contributed by atoms with E-state index in [4.69, 9.17) is 18.6 Å². The molecule has 0 radical (unpaired) electrons. The molecule has 0 unspecified atom stereocenters. The van der Waals surface area contributed by atoms with E-state index in [9.17, 15) is 9.59 Å². The van der Waals surface area contributed by atoms with E-state index in [-0.39, 0.29) is 18.3 Å². The van der Waals surface area contributed by atoms with Gasteiger partial charge >= 0.3 is 5.91 Å². The Morgan fingerprint density at radius 1 is 0.974 bits per heavy atom. The van der Waals surface area contributed by atoms with E-state index in [1.165, 1.54) is 6.21 Å². The van der Waals surface area contributed by atoms with Crippen LogP contribution in [0.25, 0.3) is 11.0 Å². The van der Waals surface area contributed by atoms with Gasteiger partial charge in [0.1, 0.15) is 11.3 Å². The summed E-state index contributed by atoms with van der Waals surface area (Å²) >= 11 is 3.47. The molecule has 1 aromatic heterocycles. The van der Waals surface area contributed by atoms with Crippen molar-refractivity contribution >= 4 is 50.6 Å². The molecule has 0 atom stereocenters. The molecule has 0 saturated heterocycles. The maximum atomic E-state index is 12.5. The molecule has 0 spiro atoms. The highest BCUT2D eigenvalue weighted by Crippen LogP contribution is 2.36. The van der Waals surface area contributed by atoms with Crippen LogP contribution in [-0.2, 0) is 4.79 Å². The van der Waals surface area contributed by atoms with Gasteiger partial charge < -0.3 is 23.9 Å². The Morgan fingerprint density at radius 2 is 1.76 bits per heavy atom. The molecule has 1 heterocycles. The van der Waals surface area contributed by atoms with Gasteiger partial charge in [0.15, 0.2) is 23.9 Å². The van der Waals surface area contributed by atoms with E-state index in [2.05, 4.69) is 31.8 Å². The Hall–Kier alpha value is -4.31. The van der Waals surface area contributed by atoms with Crippen molar-refractivity contribution in [2.24, 2.45) is 5.10 Å². The van der Waals surface area contributed by atoms with E-state index < -0.39 is 5.91 Å². The van der Waals surface area contributed by atoms with Gasteiger partial charge in [0, 0.05) is 11.1 Å². The molecule has 2 amide bonds. The van der Waals surface area contributed by atoms with Crippen molar-refractivity contribution in [3.63, 3.8) is 0 Å². The van der Waals surface area contributed by atoms with Crippen LogP contribution in [-0.4, -0.2) is 37.8 Å². The molecule has 2 N–H and O–H groups in total. The summed E-state index contributed by atoms with van der Waals surface area (Å²) in [5.41, 5.74) is 4.34. The molecule has 38 heavy (non-hydrogen) atoms. The molecule has 9 nitrogen and oxygen atoms in total. The summed E-state index contributed by atoms with van der Waals surface area (Å²) in [6.07, 6.45) is 1.47. The second-order valence-electron chi connectivity index (χ2n) is 7.91. The Labute approximate surface area is 227 Å². The minimum Gasteiger partial charge on any atom is -0.494 e. The van der Waals surface area contributed by atoms with Crippen molar-refractivity contribution in [1.82, 2.24) is 5.43 Å². The van der Waals surface area contributed by atoms with Crippen molar-refractivity contribution in [3.05, 3.63) is 82.5 Å². The van der Waals surface area contributed by atoms with Gasteiger partial charge in [-0.05, 0) is 83.9 Å². The largest absolute Gasteiger partial charge is 0.494 e. The van der Waals surface area contributed by atoms with Crippen LogP contribution in [0, 0.1) is 0 Å². The zero-order valence-electron chi connectivity index (χ0n) is 20.8. The summed E-state index contributed by atoms with van der Waals surface area (Å²) in [6.45, 7) is 4.46. The predicted octanol–water partition coefficient (Wildman–Crippen LogP) is 5.77. The molecular formula is C28H26BrN3O6. The number of carbonyl (C=O) groups is 2. The van der Waals surface area contributed by atoms with Gasteiger partial charge in [0.05, 0.1) is 23.9 Å². The van der Waals surface area contributed by atoms with Crippen molar-refractivity contribution in [1.29, 1.82) is 0 Å². The number of furan rings is 1. The average Bonchev–Trinajstić information content (AvgIpc) is 3.33. The Bertz CT molecular complexity index is 1450. The lowest BCUT2D eigenvalue weighted by molar-refractivity contribution is -0.118. The number of hydrazone groups is 1. The lowest BCUT2D eigenvalue weighted by Gasteiger charge is -2.14. The highest BCUT2D eigenvalue weighted by molar-refractivity contribution is 9.10. The number of hydrogen-bond donors (Lipinski definition) is 2. The quantitative estimate of drug-likeness (QED) is 0.172. The van der Waals surface area contributed by atoms with Crippen LogP contribution in [0.1, 0.15) is 30.0 Å². The Balaban J connectivity index is 1.40. The second kappa shape index (κ2) is 12.8. The molecular weight excluding hydrogens is 554 g/mol. The minimum atomic E-state index is -0.496. The van der Waals surface area contributed by atoms with Gasteiger partial charge in [-0.1, -0.05) is 18.2 Å². The first kappa shape index (κ1) is 26.7. The minimum absolute atomic E-state index is 0.125. The van der Waals surface area contributed by atoms with Crippen LogP contribution in [0.3, 0.4) is 0 Å². The predicted molar refractivity (Wildman–Crippen MR) is 148 cm³/mol. The third-order valence-electron chi connectivity index (χ3n) is 5.14. The number of halogens is 1. The molecule has 0 fully saturated rings. The van der Waals surface area contributed by atoms with E-state index in [1.54, 1.807) is 42.5 Å². The van der Waals surface area contributed by atoms with Crippen molar-refractivity contribution in [2.75, 3.05) is 25.1 Å². The first-order chi connectivity index (χ1) is 18.5. The third kappa shape index (κ3) is 6.92. The van der Waals surface area contributed by atoms with Gasteiger partial charge in [-0.3, -0.25) is 9.59 Å². The van der Waals surface area contributed by atoms with Crippen LogP contribution in [0.15, 0.2) is 80.7 Å². The molecule has 0 aliphatic carbocycles. The zero-order valence-corrected chi connectivity index (χ0v) is 22.4. The van der Waals surface area contributed by atoms with Gasteiger partial charge in [0.25, 0.3) is 5.91 Å². The highest BCUT2D eigenvalue weighted by atomic mass is 79.9. The molecule has 0 saturated carbocycles. The van der Waals surface area contributed by atoms with E-state index in [0.29, 0.717) is 51.8 Å². The fraction of sp³-hybridized carbons (Fsp3) is 0.179. The third-order valence-corrected chi connectivity index (χ3v) is 5.73. The summed E-state index contributed by atoms with van der Waals surface area (Å²) < 4.78 is 23.1. The zero-order chi connectivity index (χ0) is 26.9. The summed E-state index contributed by atoms with van der Waals surface area (Å²) in [4.78, 5) is 24.8. The normalized spacial score (nSPS) is 10.9. The van der Waals surface area contributed by atoms with Gasteiger partial charge in [-0.2, -0.15) is 5.10 Å². The van der Waals surface area contributed by atoms with Crippen LogP contribution < -0.4 is 25.0 Å². The maximum absolute atomic E-state index is 12.5. The topological polar surface area (TPSA) is 111 Å². The Morgan fingerprint density at radius 3 is 2.53 bits per heavy atom. The molecule has 3 aromatic carbocycles. The number of carbonyl (C=O) groups excluding carboxylic acids is 2. The SMILES string of the molecule is CCOc1ccc2oc(C(=O)N/N=C/c3cc(Br)c(OCC(=O)Nc4ccccc4)c(OCC)c3)cc2c1. The molecule has 0 aliphatic rings. The van der Waals surface area contributed by atoms with E-state index in [1.807, 2.05) is 38.1 Å². The molecule has 0 bridgehead atoms. The first-order valence-electron chi connectivity index (χ1n) is 11.9. The number of rotatable bonds is 11. The molecule has 4 rings (SSSR count). The number of hydrogen-bond acceptors (Lipinski definition) is 7. The summed E-state index contributed by atoms with van der Waals surface area (Å²) in [5.74, 6) is 0.821. The number of amides is 2. The first-order valence-corrected chi connectivity index (χ1v) is 12.7.